The molecule has 1 saturated carbocycles. The van der Waals surface area contributed by atoms with Gasteiger partial charge in [-0.15, -0.1) is 0 Å². The van der Waals surface area contributed by atoms with Crippen LogP contribution in [0.15, 0.2) is 0 Å². The summed E-state index contributed by atoms with van der Waals surface area (Å²) in [7, 11) is 0. The maximum atomic E-state index is 5.48. The van der Waals surface area contributed by atoms with Crippen LogP contribution in [0, 0.1) is 5.92 Å². The summed E-state index contributed by atoms with van der Waals surface area (Å²) < 4.78 is 5.48. The summed E-state index contributed by atoms with van der Waals surface area (Å²) in [5, 5.41) is 3.73. The predicted octanol–water partition coefficient (Wildman–Crippen LogP) is 1.17. The average molecular weight is 281 g/mol. The SMILES string of the molecule is CC(C)C(CNC1CC1)N1CCC(N2CCOCC2)C1. The fourth-order valence-electron chi connectivity index (χ4n) is 3.67. The van der Waals surface area contributed by atoms with Crippen LogP contribution in [0.2, 0.25) is 0 Å². The number of rotatable bonds is 6. The molecule has 2 unspecified atom stereocenters. The van der Waals surface area contributed by atoms with Crippen molar-refractivity contribution in [3.8, 4) is 0 Å². The number of ether oxygens (including phenoxy) is 1. The van der Waals surface area contributed by atoms with Gasteiger partial charge in [0.05, 0.1) is 13.2 Å². The lowest BCUT2D eigenvalue weighted by Gasteiger charge is -2.34. The van der Waals surface area contributed by atoms with E-state index in [1.54, 1.807) is 0 Å². The molecule has 0 bridgehead atoms. The van der Waals surface area contributed by atoms with Gasteiger partial charge in [0.2, 0.25) is 0 Å². The van der Waals surface area contributed by atoms with E-state index in [9.17, 15) is 0 Å². The predicted molar refractivity (Wildman–Crippen MR) is 82.0 cm³/mol. The molecule has 116 valence electrons. The van der Waals surface area contributed by atoms with E-state index in [1.165, 1.54) is 38.9 Å². The third kappa shape index (κ3) is 3.73. The summed E-state index contributed by atoms with van der Waals surface area (Å²) in [4.78, 5) is 5.38. The Hall–Kier alpha value is -0.160. The molecule has 0 amide bonds. The highest BCUT2D eigenvalue weighted by Gasteiger charge is 2.34. The van der Waals surface area contributed by atoms with Gasteiger partial charge in [-0.05, 0) is 25.2 Å². The summed E-state index contributed by atoms with van der Waals surface area (Å²) in [5.41, 5.74) is 0. The van der Waals surface area contributed by atoms with Crippen molar-refractivity contribution in [2.75, 3.05) is 45.9 Å². The maximum absolute atomic E-state index is 5.48. The van der Waals surface area contributed by atoms with Gasteiger partial charge in [0.15, 0.2) is 0 Å². The van der Waals surface area contributed by atoms with E-state index < -0.39 is 0 Å². The monoisotopic (exact) mass is 281 g/mol. The quantitative estimate of drug-likeness (QED) is 0.791. The molecule has 0 spiro atoms. The summed E-state index contributed by atoms with van der Waals surface area (Å²) >= 11 is 0. The molecule has 20 heavy (non-hydrogen) atoms. The molecule has 0 aromatic heterocycles. The van der Waals surface area contributed by atoms with E-state index in [0.717, 1.165) is 44.3 Å². The Morgan fingerprint density at radius 2 is 1.85 bits per heavy atom. The average Bonchev–Trinajstić information content (AvgIpc) is 3.15. The first kappa shape index (κ1) is 14.8. The first-order chi connectivity index (χ1) is 9.74. The highest BCUT2D eigenvalue weighted by Crippen LogP contribution is 2.24. The number of hydrogen-bond acceptors (Lipinski definition) is 4. The van der Waals surface area contributed by atoms with E-state index in [-0.39, 0.29) is 0 Å². The van der Waals surface area contributed by atoms with Crippen molar-refractivity contribution in [2.24, 2.45) is 5.92 Å². The van der Waals surface area contributed by atoms with Gasteiger partial charge in [0, 0.05) is 50.8 Å². The van der Waals surface area contributed by atoms with Crippen LogP contribution < -0.4 is 5.32 Å². The molecule has 3 fully saturated rings. The van der Waals surface area contributed by atoms with Crippen LogP contribution in [-0.2, 0) is 4.74 Å². The maximum Gasteiger partial charge on any atom is 0.0594 e. The molecular formula is C16H31N3O. The lowest BCUT2D eigenvalue weighted by Crippen LogP contribution is -2.48. The summed E-state index contributed by atoms with van der Waals surface area (Å²) in [5.74, 6) is 0.740. The normalized spacial score (nSPS) is 31.1. The third-order valence-corrected chi connectivity index (χ3v) is 5.19. The van der Waals surface area contributed by atoms with E-state index in [4.69, 9.17) is 4.74 Å². The topological polar surface area (TPSA) is 27.7 Å². The van der Waals surface area contributed by atoms with Crippen LogP contribution in [0.5, 0.6) is 0 Å². The Kier molecular flexibility index (Phi) is 4.97. The minimum absolute atomic E-state index is 0.710. The minimum Gasteiger partial charge on any atom is -0.379 e. The van der Waals surface area contributed by atoms with Gasteiger partial charge in [-0.1, -0.05) is 13.8 Å². The molecule has 3 rings (SSSR count). The molecule has 0 radical (unpaired) electrons. The van der Waals surface area contributed by atoms with Gasteiger partial charge < -0.3 is 10.1 Å². The van der Waals surface area contributed by atoms with Gasteiger partial charge >= 0.3 is 0 Å². The molecule has 0 aromatic rings. The highest BCUT2D eigenvalue weighted by molar-refractivity contribution is 4.91. The lowest BCUT2D eigenvalue weighted by atomic mass is 10.0. The van der Waals surface area contributed by atoms with Gasteiger partial charge in [0.25, 0.3) is 0 Å². The molecule has 4 heteroatoms. The first-order valence-corrected chi connectivity index (χ1v) is 8.53. The van der Waals surface area contributed by atoms with Crippen molar-refractivity contribution in [1.29, 1.82) is 0 Å². The second-order valence-corrected chi connectivity index (χ2v) is 7.08. The van der Waals surface area contributed by atoms with Crippen LogP contribution in [0.3, 0.4) is 0 Å². The molecule has 2 atom stereocenters. The van der Waals surface area contributed by atoms with Crippen molar-refractivity contribution in [2.45, 2.75) is 51.2 Å². The molecule has 1 aliphatic carbocycles. The third-order valence-electron chi connectivity index (χ3n) is 5.19. The zero-order valence-electron chi connectivity index (χ0n) is 13.2. The van der Waals surface area contributed by atoms with Crippen molar-refractivity contribution < 1.29 is 4.74 Å². The van der Waals surface area contributed by atoms with Crippen LogP contribution in [-0.4, -0.2) is 73.9 Å². The molecule has 1 N–H and O–H groups in total. The van der Waals surface area contributed by atoms with Gasteiger partial charge in [-0.2, -0.15) is 0 Å². The van der Waals surface area contributed by atoms with E-state index in [0.29, 0.717) is 6.04 Å². The Balaban J connectivity index is 1.50. The second kappa shape index (κ2) is 6.73. The fraction of sp³-hybridized carbons (Fsp3) is 1.00. The number of nitrogens with zero attached hydrogens (tertiary/aromatic N) is 2. The molecule has 4 nitrogen and oxygen atoms in total. The minimum atomic E-state index is 0.710. The molecule has 0 aromatic carbocycles. The molecule has 2 heterocycles. The number of hydrogen-bond donors (Lipinski definition) is 1. The van der Waals surface area contributed by atoms with Crippen molar-refractivity contribution in [3.63, 3.8) is 0 Å². The second-order valence-electron chi connectivity index (χ2n) is 7.08. The number of likely N-dealkylation sites (tertiary alicyclic amines) is 1. The largest absolute Gasteiger partial charge is 0.379 e. The van der Waals surface area contributed by atoms with Gasteiger partial charge in [0.1, 0.15) is 0 Å². The molecule has 2 saturated heterocycles. The smallest absolute Gasteiger partial charge is 0.0594 e. The van der Waals surface area contributed by atoms with Gasteiger partial charge in [-0.25, -0.2) is 0 Å². The fourth-order valence-corrected chi connectivity index (χ4v) is 3.67. The van der Waals surface area contributed by atoms with E-state index in [2.05, 4.69) is 29.0 Å². The van der Waals surface area contributed by atoms with E-state index in [1.807, 2.05) is 0 Å². The highest BCUT2D eigenvalue weighted by atomic mass is 16.5. The van der Waals surface area contributed by atoms with Crippen LogP contribution >= 0.6 is 0 Å². The summed E-state index contributed by atoms with van der Waals surface area (Å²) in [6.07, 6.45) is 4.12. The van der Waals surface area contributed by atoms with Crippen molar-refractivity contribution in [3.05, 3.63) is 0 Å². The molecular weight excluding hydrogens is 250 g/mol. The van der Waals surface area contributed by atoms with Crippen LogP contribution in [0.4, 0.5) is 0 Å². The Morgan fingerprint density at radius 3 is 2.50 bits per heavy atom. The zero-order valence-corrected chi connectivity index (χ0v) is 13.2. The van der Waals surface area contributed by atoms with Crippen LogP contribution in [0.25, 0.3) is 0 Å². The number of morpholine rings is 1. The van der Waals surface area contributed by atoms with Crippen LogP contribution in [0.1, 0.15) is 33.1 Å². The Labute approximate surface area is 123 Å². The zero-order chi connectivity index (χ0) is 13.9. The van der Waals surface area contributed by atoms with Crippen molar-refractivity contribution in [1.82, 2.24) is 15.1 Å². The lowest BCUT2D eigenvalue weighted by molar-refractivity contribution is 0.0170. The Bertz CT molecular complexity index is 300. The summed E-state index contributed by atoms with van der Waals surface area (Å²) in [6, 6.07) is 2.30. The van der Waals surface area contributed by atoms with Crippen molar-refractivity contribution >= 4 is 0 Å². The molecule has 3 aliphatic rings. The van der Waals surface area contributed by atoms with Gasteiger partial charge in [-0.3, -0.25) is 9.80 Å². The standard InChI is InChI=1S/C16H31N3O/c1-13(2)16(11-17-14-3-4-14)19-6-5-15(12-19)18-7-9-20-10-8-18/h13-17H,3-12H2,1-2H3. The summed E-state index contributed by atoms with van der Waals surface area (Å²) in [6.45, 7) is 12.6. The number of nitrogens with one attached hydrogen (secondary N) is 1. The Morgan fingerprint density at radius 1 is 1.10 bits per heavy atom. The van der Waals surface area contributed by atoms with E-state index >= 15 is 0 Å². The first-order valence-electron chi connectivity index (χ1n) is 8.53. The molecule has 2 aliphatic heterocycles.